The van der Waals surface area contributed by atoms with Gasteiger partial charge in [-0.3, -0.25) is 0 Å². The Labute approximate surface area is 110 Å². The highest BCUT2D eigenvalue weighted by molar-refractivity contribution is 7.15. The molecule has 0 saturated carbocycles. The van der Waals surface area contributed by atoms with Gasteiger partial charge in [0, 0.05) is 4.88 Å². The van der Waals surface area contributed by atoms with Crippen LogP contribution in [0.4, 0.5) is 10.8 Å². The fourth-order valence-electron chi connectivity index (χ4n) is 2.21. The predicted octanol–water partition coefficient (Wildman–Crippen LogP) is 3.64. The molecule has 1 aliphatic carbocycles. The fraction of sp³-hybridized carbons (Fsp3) is 0.286. The van der Waals surface area contributed by atoms with Gasteiger partial charge in [-0.05, 0) is 37.8 Å². The minimum absolute atomic E-state index is 0.658. The van der Waals surface area contributed by atoms with Gasteiger partial charge >= 0.3 is 0 Å². The molecule has 3 rings (SSSR count). The number of nitrogens with one attached hydrogen (secondary N) is 1. The Morgan fingerprint density at radius 2 is 2.06 bits per heavy atom. The van der Waals surface area contributed by atoms with E-state index in [1.165, 1.54) is 23.4 Å². The Hall–Kier alpha value is -1.86. The van der Waals surface area contributed by atoms with Crippen LogP contribution in [0.2, 0.25) is 0 Å². The van der Waals surface area contributed by atoms with E-state index in [4.69, 9.17) is 5.26 Å². The van der Waals surface area contributed by atoms with E-state index in [-0.39, 0.29) is 0 Å². The van der Waals surface area contributed by atoms with Crippen molar-refractivity contribution in [3.8, 4) is 6.07 Å². The Bertz CT molecular complexity index is 586. The van der Waals surface area contributed by atoms with Crippen LogP contribution in [0.15, 0.2) is 24.3 Å². The summed E-state index contributed by atoms with van der Waals surface area (Å²) in [7, 11) is 0. The molecule has 1 N–H and O–H groups in total. The van der Waals surface area contributed by atoms with Crippen LogP contribution in [0.25, 0.3) is 0 Å². The van der Waals surface area contributed by atoms with Crippen LogP contribution in [0, 0.1) is 11.3 Å². The highest BCUT2D eigenvalue weighted by atomic mass is 32.1. The average molecular weight is 255 g/mol. The van der Waals surface area contributed by atoms with Gasteiger partial charge in [-0.1, -0.05) is 12.1 Å². The average Bonchev–Trinajstić information content (AvgIpc) is 2.81. The quantitative estimate of drug-likeness (QED) is 0.891. The van der Waals surface area contributed by atoms with Gasteiger partial charge in [-0.15, -0.1) is 11.3 Å². The largest absolute Gasteiger partial charge is 0.330 e. The first kappa shape index (κ1) is 11.2. The topological polar surface area (TPSA) is 48.7 Å². The first-order valence-corrected chi connectivity index (χ1v) is 6.93. The molecule has 1 aliphatic rings. The molecule has 3 nitrogen and oxygen atoms in total. The highest BCUT2D eigenvalue weighted by Crippen LogP contribution is 2.31. The minimum Gasteiger partial charge on any atom is -0.330 e. The van der Waals surface area contributed by atoms with Crippen molar-refractivity contribution < 1.29 is 0 Å². The number of thiazole rings is 1. The van der Waals surface area contributed by atoms with Gasteiger partial charge in [0.2, 0.25) is 0 Å². The Morgan fingerprint density at radius 3 is 2.89 bits per heavy atom. The number of para-hydroxylation sites is 1. The number of fused-ring (bicyclic) bond motifs is 1. The number of hydrogen-bond acceptors (Lipinski definition) is 4. The van der Waals surface area contributed by atoms with E-state index in [0.29, 0.717) is 5.56 Å². The summed E-state index contributed by atoms with van der Waals surface area (Å²) in [4.78, 5) is 6.02. The van der Waals surface area contributed by atoms with E-state index in [2.05, 4.69) is 16.4 Å². The van der Waals surface area contributed by atoms with E-state index < -0.39 is 0 Å². The summed E-state index contributed by atoms with van der Waals surface area (Å²) in [5, 5.41) is 13.2. The van der Waals surface area contributed by atoms with E-state index in [1.807, 2.05) is 24.3 Å². The maximum Gasteiger partial charge on any atom is 0.187 e. The number of aryl methyl sites for hydroxylation is 2. The van der Waals surface area contributed by atoms with Gasteiger partial charge in [0.15, 0.2) is 5.13 Å². The molecule has 1 aromatic heterocycles. The lowest BCUT2D eigenvalue weighted by atomic mass is 10.0. The SMILES string of the molecule is N#Cc1ccccc1Nc1nc2c(s1)CCCC2. The van der Waals surface area contributed by atoms with Crippen LogP contribution in [0.5, 0.6) is 0 Å². The molecule has 18 heavy (non-hydrogen) atoms. The molecule has 0 fully saturated rings. The number of anilines is 2. The molecule has 0 unspecified atom stereocenters. The van der Waals surface area contributed by atoms with Crippen LogP contribution in [-0.4, -0.2) is 4.98 Å². The first-order valence-electron chi connectivity index (χ1n) is 6.11. The minimum atomic E-state index is 0.658. The molecule has 4 heteroatoms. The highest BCUT2D eigenvalue weighted by Gasteiger charge is 2.15. The summed E-state index contributed by atoms with van der Waals surface area (Å²) >= 11 is 1.72. The summed E-state index contributed by atoms with van der Waals surface area (Å²) in [5.41, 5.74) is 2.74. The van der Waals surface area contributed by atoms with E-state index >= 15 is 0 Å². The standard InChI is InChI=1S/C14H13N3S/c15-9-10-5-1-2-6-11(10)16-14-17-12-7-3-4-8-13(12)18-14/h1-2,5-6H,3-4,7-8H2,(H,16,17). The molecule has 0 amide bonds. The monoisotopic (exact) mass is 255 g/mol. The molecule has 0 aliphatic heterocycles. The van der Waals surface area contributed by atoms with Gasteiger partial charge in [0.25, 0.3) is 0 Å². The maximum atomic E-state index is 9.05. The van der Waals surface area contributed by atoms with Crippen LogP contribution < -0.4 is 5.32 Å². The molecule has 90 valence electrons. The Kier molecular flexibility index (Phi) is 2.99. The van der Waals surface area contributed by atoms with Crippen molar-refractivity contribution >= 4 is 22.2 Å². The van der Waals surface area contributed by atoms with E-state index in [9.17, 15) is 0 Å². The van der Waals surface area contributed by atoms with Gasteiger partial charge in [0.05, 0.1) is 16.9 Å². The van der Waals surface area contributed by atoms with Gasteiger partial charge < -0.3 is 5.32 Å². The van der Waals surface area contributed by atoms with Gasteiger partial charge in [-0.25, -0.2) is 4.98 Å². The molecule has 0 radical (unpaired) electrons. The molecular weight excluding hydrogens is 242 g/mol. The lowest BCUT2D eigenvalue weighted by Crippen LogP contribution is -1.99. The van der Waals surface area contributed by atoms with Crippen molar-refractivity contribution in [2.24, 2.45) is 0 Å². The molecule has 0 bridgehead atoms. The zero-order valence-corrected chi connectivity index (χ0v) is 10.8. The normalized spacial score (nSPS) is 13.7. The predicted molar refractivity (Wildman–Crippen MR) is 73.2 cm³/mol. The van der Waals surface area contributed by atoms with Gasteiger partial charge in [0.1, 0.15) is 6.07 Å². The Morgan fingerprint density at radius 1 is 1.22 bits per heavy atom. The van der Waals surface area contributed by atoms with Gasteiger partial charge in [-0.2, -0.15) is 5.26 Å². The van der Waals surface area contributed by atoms with E-state index in [0.717, 1.165) is 23.7 Å². The van der Waals surface area contributed by atoms with Crippen molar-refractivity contribution in [1.29, 1.82) is 5.26 Å². The van der Waals surface area contributed by atoms with Crippen LogP contribution >= 0.6 is 11.3 Å². The zero-order chi connectivity index (χ0) is 12.4. The second-order valence-electron chi connectivity index (χ2n) is 4.38. The summed E-state index contributed by atoms with van der Waals surface area (Å²) in [5.74, 6) is 0. The number of nitrogens with zero attached hydrogens (tertiary/aromatic N) is 2. The third-order valence-electron chi connectivity index (χ3n) is 3.13. The summed E-state index contributed by atoms with van der Waals surface area (Å²) in [6, 6.07) is 9.72. The fourth-order valence-corrected chi connectivity index (χ4v) is 3.27. The molecular formula is C14H13N3S. The molecule has 0 atom stereocenters. The number of rotatable bonds is 2. The lowest BCUT2D eigenvalue weighted by Gasteiger charge is -2.06. The number of benzene rings is 1. The van der Waals surface area contributed by atoms with Crippen LogP contribution in [-0.2, 0) is 12.8 Å². The second kappa shape index (κ2) is 4.79. The summed E-state index contributed by atoms with van der Waals surface area (Å²) in [6.07, 6.45) is 4.75. The zero-order valence-electron chi connectivity index (χ0n) is 9.94. The smallest absolute Gasteiger partial charge is 0.187 e. The van der Waals surface area contributed by atoms with Crippen LogP contribution in [0.3, 0.4) is 0 Å². The van der Waals surface area contributed by atoms with Crippen molar-refractivity contribution in [2.45, 2.75) is 25.7 Å². The van der Waals surface area contributed by atoms with Crippen molar-refractivity contribution in [3.63, 3.8) is 0 Å². The van der Waals surface area contributed by atoms with Crippen molar-refractivity contribution in [2.75, 3.05) is 5.32 Å². The summed E-state index contributed by atoms with van der Waals surface area (Å²) < 4.78 is 0. The molecule has 0 saturated heterocycles. The molecule has 1 aromatic carbocycles. The van der Waals surface area contributed by atoms with Crippen molar-refractivity contribution in [3.05, 3.63) is 40.4 Å². The number of nitriles is 1. The Balaban J connectivity index is 1.88. The van der Waals surface area contributed by atoms with E-state index in [1.54, 1.807) is 11.3 Å². The van der Waals surface area contributed by atoms with Crippen LogP contribution in [0.1, 0.15) is 29.0 Å². The molecule has 0 spiro atoms. The lowest BCUT2D eigenvalue weighted by molar-refractivity contribution is 0.683. The first-order chi connectivity index (χ1) is 8.86. The molecule has 2 aromatic rings. The number of hydrogen-bond donors (Lipinski definition) is 1. The third kappa shape index (κ3) is 2.09. The summed E-state index contributed by atoms with van der Waals surface area (Å²) in [6.45, 7) is 0. The third-order valence-corrected chi connectivity index (χ3v) is 4.21. The van der Waals surface area contributed by atoms with Crippen molar-refractivity contribution in [1.82, 2.24) is 4.98 Å². The molecule has 1 heterocycles. The second-order valence-corrected chi connectivity index (χ2v) is 5.46. The maximum absolute atomic E-state index is 9.05. The number of aromatic nitrogens is 1.